The van der Waals surface area contributed by atoms with Crippen molar-refractivity contribution in [2.75, 3.05) is 21.3 Å². The van der Waals surface area contributed by atoms with E-state index in [2.05, 4.69) is 37.8 Å². The molecule has 0 aliphatic heterocycles. The molecule has 1 aromatic carbocycles. The van der Waals surface area contributed by atoms with E-state index in [0.29, 0.717) is 18.1 Å². The maximum Gasteiger partial charge on any atom is 0.256 e. The molecular formula is C28H30N6O4. The number of nitrogens with one attached hydrogen (secondary N) is 4. The van der Waals surface area contributed by atoms with Crippen molar-refractivity contribution in [2.45, 2.75) is 40.0 Å². The van der Waals surface area contributed by atoms with Crippen LogP contribution in [0.5, 0.6) is 0 Å². The van der Waals surface area contributed by atoms with Gasteiger partial charge in [-0.15, -0.1) is 6.58 Å². The van der Waals surface area contributed by atoms with Gasteiger partial charge in [-0.05, 0) is 67.3 Å². The molecule has 196 valence electrons. The van der Waals surface area contributed by atoms with Gasteiger partial charge in [-0.1, -0.05) is 24.6 Å². The summed E-state index contributed by atoms with van der Waals surface area (Å²) in [6.45, 7) is 10.6. The molecule has 38 heavy (non-hydrogen) atoms. The first-order valence-electron chi connectivity index (χ1n) is 11.9. The number of allylic oxidation sites excluding steroid dienone is 1. The average Bonchev–Trinajstić information content (AvgIpc) is 2.83. The second kappa shape index (κ2) is 12.4. The third-order valence-electron chi connectivity index (χ3n) is 5.29. The van der Waals surface area contributed by atoms with E-state index in [1.807, 2.05) is 13.8 Å². The van der Waals surface area contributed by atoms with Crippen LogP contribution in [-0.2, 0) is 9.59 Å². The summed E-state index contributed by atoms with van der Waals surface area (Å²) in [5.74, 6) is -0.432. The van der Waals surface area contributed by atoms with Crippen LogP contribution in [0, 0.1) is 0 Å². The topological polar surface area (TPSA) is 142 Å². The van der Waals surface area contributed by atoms with Crippen molar-refractivity contribution in [1.82, 2.24) is 9.97 Å². The fourth-order valence-electron chi connectivity index (χ4n) is 3.72. The van der Waals surface area contributed by atoms with Crippen molar-refractivity contribution in [1.29, 1.82) is 0 Å². The number of aromatic nitrogens is 2. The monoisotopic (exact) mass is 514 g/mol. The second-order valence-electron chi connectivity index (χ2n) is 8.99. The molecule has 0 aliphatic rings. The molecule has 2 heterocycles. The Hall–Kier alpha value is -4.86. The Morgan fingerprint density at radius 2 is 1.11 bits per heavy atom. The van der Waals surface area contributed by atoms with Crippen LogP contribution in [0.3, 0.4) is 0 Å². The Morgan fingerprint density at radius 3 is 1.47 bits per heavy atom. The molecule has 10 nitrogen and oxygen atoms in total. The number of anilines is 4. The highest BCUT2D eigenvalue weighted by molar-refractivity contribution is 6.08. The van der Waals surface area contributed by atoms with Crippen molar-refractivity contribution < 1.29 is 19.2 Å². The van der Waals surface area contributed by atoms with Gasteiger partial charge >= 0.3 is 0 Å². The fraction of sp³-hybridized carbons (Fsp3) is 0.214. The van der Waals surface area contributed by atoms with Crippen LogP contribution in [0.25, 0.3) is 0 Å². The van der Waals surface area contributed by atoms with Crippen LogP contribution >= 0.6 is 0 Å². The standard InChI is InChI=1S/C28H30N6O4/c1-16(2)12-17(3)20-13-21(27(37)33-25-10-6-8-23(31-25)29-18(4)35)15-22(14-20)28(38)34-26-11-7-9-24(32-26)30-19(5)36/h6-11,13-15,17H,1,12H2,2-5H3,(H2,29,31,33,35,37)(H2,30,32,34,36,38). The van der Waals surface area contributed by atoms with Crippen molar-refractivity contribution in [3.8, 4) is 0 Å². The van der Waals surface area contributed by atoms with Gasteiger partial charge in [-0.3, -0.25) is 19.2 Å². The predicted molar refractivity (Wildman–Crippen MR) is 147 cm³/mol. The summed E-state index contributed by atoms with van der Waals surface area (Å²) in [4.78, 5) is 57.5. The number of carbonyl (C=O) groups is 4. The Balaban J connectivity index is 1.91. The van der Waals surface area contributed by atoms with Gasteiger partial charge in [0.1, 0.15) is 23.3 Å². The van der Waals surface area contributed by atoms with E-state index < -0.39 is 11.8 Å². The van der Waals surface area contributed by atoms with E-state index in [1.165, 1.54) is 19.9 Å². The molecule has 0 saturated carbocycles. The summed E-state index contributed by atoms with van der Waals surface area (Å²) in [6.07, 6.45) is 0.673. The first-order valence-corrected chi connectivity index (χ1v) is 11.9. The number of benzene rings is 1. The SMILES string of the molecule is C=C(C)CC(C)c1cc(C(=O)Nc2cccc(NC(C)=O)n2)cc(C(=O)Nc2cccc(NC(C)=O)n2)c1. The van der Waals surface area contributed by atoms with Crippen LogP contribution in [-0.4, -0.2) is 33.6 Å². The molecule has 4 N–H and O–H groups in total. The molecule has 1 unspecified atom stereocenters. The van der Waals surface area contributed by atoms with Crippen molar-refractivity contribution >= 4 is 46.9 Å². The first-order chi connectivity index (χ1) is 18.0. The average molecular weight is 515 g/mol. The molecule has 0 spiro atoms. The summed E-state index contributed by atoms with van der Waals surface area (Å²) in [5.41, 5.74) is 2.27. The number of rotatable bonds is 9. The summed E-state index contributed by atoms with van der Waals surface area (Å²) in [7, 11) is 0. The van der Waals surface area contributed by atoms with Crippen molar-refractivity contribution in [2.24, 2.45) is 0 Å². The molecule has 3 rings (SSSR count). The van der Waals surface area contributed by atoms with Gasteiger partial charge in [0.2, 0.25) is 11.8 Å². The van der Waals surface area contributed by atoms with Gasteiger partial charge in [-0.2, -0.15) is 0 Å². The molecule has 0 saturated heterocycles. The first kappa shape index (κ1) is 27.7. The van der Waals surface area contributed by atoms with Gasteiger partial charge in [0.05, 0.1) is 0 Å². The van der Waals surface area contributed by atoms with Crippen LogP contribution < -0.4 is 21.3 Å². The van der Waals surface area contributed by atoms with E-state index in [-0.39, 0.29) is 40.5 Å². The van der Waals surface area contributed by atoms with E-state index >= 15 is 0 Å². The Kier molecular flexibility index (Phi) is 9.04. The van der Waals surface area contributed by atoms with Crippen LogP contribution in [0.2, 0.25) is 0 Å². The number of hydrogen-bond donors (Lipinski definition) is 4. The molecule has 0 fully saturated rings. The zero-order valence-corrected chi connectivity index (χ0v) is 21.7. The van der Waals surface area contributed by atoms with Crippen LogP contribution in [0.4, 0.5) is 23.3 Å². The molecule has 0 radical (unpaired) electrons. The third-order valence-corrected chi connectivity index (χ3v) is 5.29. The smallest absolute Gasteiger partial charge is 0.256 e. The van der Waals surface area contributed by atoms with Gasteiger partial charge in [0.15, 0.2) is 0 Å². The van der Waals surface area contributed by atoms with Gasteiger partial charge in [0, 0.05) is 25.0 Å². The highest BCUT2D eigenvalue weighted by Gasteiger charge is 2.18. The number of amides is 4. The molecule has 1 atom stereocenters. The molecule has 2 aromatic heterocycles. The lowest BCUT2D eigenvalue weighted by Crippen LogP contribution is -2.18. The van der Waals surface area contributed by atoms with Crippen molar-refractivity contribution in [3.05, 3.63) is 83.4 Å². The molecule has 10 heteroatoms. The minimum absolute atomic E-state index is 0.00533. The van der Waals surface area contributed by atoms with E-state index in [0.717, 1.165) is 11.1 Å². The number of nitrogens with zero attached hydrogens (tertiary/aromatic N) is 2. The zero-order valence-electron chi connectivity index (χ0n) is 21.7. The van der Waals surface area contributed by atoms with Crippen molar-refractivity contribution in [3.63, 3.8) is 0 Å². The zero-order chi connectivity index (χ0) is 27.8. The van der Waals surface area contributed by atoms with E-state index in [1.54, 1.807) is 48.5 Å². The summed E-state index contributed by atoms with van der Waals surface area (Å²) >= 11 is 0. The Bertz CT molecular complexity index is 1310. The fourth-order valence-corrected chi connectivity index (χ4v) is 3.72. The molecule has 4 amide bonds. The quantitative estimate of drug-likeness (QED) is 0.297. The van der Waals surface area contributed by atoms with Gasteiger partial charge < -0.3 is 21.3 Å². The van der Waals surface area contributed by atoms with Gasteiger partial charge in [-0.25, -0.2) is 9.97 Å². The lowest BCUT2D eigenvalue weighted by molar-refractivity contribution is -0.115. The molecule has 0 bridgehead atoms. The number of carbonyl (C=O) groups excluding carboxylic acids is 4. The number of pyridine rings is 2. The highest BCUT2D eigenvalue weighted by atomic mass is 16.2. The number of hydrogen-bond acceptors (Lipinski definition) is 6. The minimum Gasteiger partial charge on any atom is -0.311 e. The normalized spacial score (nSPS) is 11.2. The maximum atomic E-state index is 13.2. The lowest BCUT2D eigenvalue weighted by Gasteiger charge is -2.16. The second-order valence-corrected chi connectivity index (χ2v) is 8.99. The lowest BCUT2D eigenvalue weighted by atomic mass is 9.91. The minimum atomic E-state index is -0.471. The van der Waals surface area contributed by atoms with E-state index in [9.17, 15) is 19.2 Å². The predicted octanol–water partition coefficient (Wildman–Crippen LogP) is 4.97. The Labute approximate surface area is 221 Å². The van der Waals surface area contributed by atoms with Crippen LogP contribution in [0.15, 0.2) is 66.7 Å². The third kappa shape index (κ3) is 8.09. The molecule has 3 aromatic rings. The highest BCUT2D eigenvalue weighted by Crippen LogP contribution is 2.26. The largest absolute Gasteiger partial charge is 0.311 e. The van der Waals surface area contributed by atoms with E-state index in [4.69, 9.17) is 0 Å². The summed E-state index contributed by atoms with van der Waals surface area (Å²) < 4.78 is 0. The summed E-state index contributed by atoms with van der Waals surface area (Å²) in [5, 5.41) is 10.6. The summed E-state index contributed by atoms with van der Waals surface area (Å²) in [6, 6.07) is 14.6. The van der Waals surface area contributed by atoms with Gasteiger partial charge in [0.25, 0.3) is 11.8 Å². The molecule has 0 aliphatic carbocycles. The Morgan fingerprint density at radius 1 is 0.711 bits per heavy atom. The van der Waals surface area contributed by atoms with Crippen LogP contribution in [0.1, 0.15) is 66.3 Å². The molecular weight excluding hydrogens is 484 g/mol. The maximum absolute atomic E-state index is 13.2.